The highest BCUT2D eigenvalue weighted by Crippen LogP contribution is 2.24. The van der Waals surface area contributed by atoms with Gasteiger partial charge in [0.25, 0.3) is 0 Å². The van der Waals surface area contributed by atoms with E-state index in [0.29, 0.717) is 13.0 Å². The van der Waals surface area contributed by atoms with Gasteiger partial charge < -0.3 is 15.7 Å². The summed E-state index contributed by atoms with van der Waals surface area (Å²) in [7, 11) is 0. The molecule has 2 rings (SSSR count). The minimum atomic E-state index is -0.764. The van der Waals surface area contributed by atoms with E-state index in [-0.39, 0.29) is 5.41 Å². The highest BCUT2D eigenvalue weighted by Gasteiger charge is 2.20. The van der Waals surface area contributed by atoms with Crippen molar-refractivity contribution in [3.05, 3.63) is 29.3 Å². The minimum absolute atomic E-state index is 0.158. The maximum Gasteiger partial charge on any atom is 0.320 e. The second-order valence-electron chi connectivity index (χ2n) is 7.39. The number of anilines is 1. The van der Waals surface area contributed by atoms with Crippen LogP contribution in [0.15, 0.2) is 18.2 Å². The molecule has 0 amide bonds. The van der Waals surface area contributed by atoms with Crippen molar-refractivity contribution in [2.75, 3.05) is 11.9 Å². The zero-order chi connectivity index (χ0) is 16.2. The number of carboxylic acid groups (broad SMARTS) is 1. The molecule has 22 heavy (non-hydrogen) atoms. The molecule has 0 bridgehead atoms. The highest BCUT2D eigenvalue weighted by atomic mass is 16.4. The lowest BCUT2D eigenvalue weighted by Gasteiger charge is -2.22. The van der Waals surface area contributed by atoms with Gasteiger partial charge in [-0.15, -0.1) is 0 Å². The largest absolute Gasteiger partial charge is 0.480 e. The topological polar surface area (TPSA) is 61.4 Å². The zero-order valence-electron chi connectivity index (χ0n) is 13.9. The van der Waals surface area contributed by atoms with Gasteiger partial charge in [-0.2, -0.15) is 0 Å². The number of nitrogens with one attached hydrogen (secondary N) is 2. The van der Waals surface area contributed by atoms with Crippen LogP contribution in [0.5, 0.6) is 0 Å². The van der Waals surface area contributed by atoms with Crippen LogP contribution < -0.4 is 10.6 Å². The SMILES string of the molecule is CC(C)(C)CCC(NCc1ccc2c(c1)NCCC2)C(=O)O. The van der Waals surface area contributed by atoms with Gasteiger partial charge in [0.2, 0.25) is 0 Å². The van der Waals surface area contributed by atoms with Crippen LogP contribution in [0.4, 0.5) is 5.69 Å². The van der Waals surface area contributed by atoms with Gasteiger partial charge in [0.15, 0.2) is 0 Å². The van der Waals surface area contributed by atoms with Crippen molar-refractivity contribution < 1.29 is 9.90 Å². The third kappa shape index (κ3) is 5.02. The number of hydrogen-bond donors (Lipinski definition) is 3. The smallest absolute Gasteiger partial charge is 0.320 e. The lowest BCUT2D eigenvalue weighted by molar-refractivity contribution is -0.139. The van der Waals surface area contributed by atoms with Crippen molar-refractivity contribution in [2.45, 2.75) is 59.0 Å². The molecule has 1 aliphatic heterocycles. The second kappa shape index (κ2) is 7.14. The fourth-order valence-corrected chi connectivity index (χ4v) is 2.75. The first-order valence-corrected chi connectivity index (χ1v) is 8.17. The van der Waals surface area contributed by atoms with Gasteiger partial charge in [-0.1, -0.05) is 32.9 Å². The molecule has 0 saturated carbocycles. The summed E-state index contributed by atoms with van der Waals surface area (Å²) in [6.07, 6.45) is 3.85. The predicted octanol–water partition coefficient (Wildman–Crippen LogP) is 3.41. The van der Waals surface area contributed by atoms with Gasteiger partial charge in [0, 0.05) is 18.8 Å². The fraction of sp³-hybridized carbons (Fsp3) is 0.611. The standard InChI is InChI=1S/C18H28N2O2/c1-18(2,3)9-8-15(17(21)22)20-12-13-6-7-14-5-4-10-19-16(14)11-13/h6-7,11,15,19-20H,4-5,8-10,12H2,1-3H3,(H,21,22). The van der Waals surface area contributed by atoms with Gasteiger partial charge >= 0.3 is 5.97 Å². The molecular formula is C18H28N2O2. The van der Waals surface area contributed by atoms with Crippen LogP contribution >= 0.6 is 0 Å². The Bertz CT molecular complexity index is 520. The lowest BCUT2D eigenvalue weighted by atomic mass is 9.88. The minimum Gasteiger partial charge on any atom is -0.480 e. The quantitative estimate of drug-likeness (QED) is 0.753. The number of aliphatic carboxylic acids is 1. The first-order chi connectivity index (χ1) is 10.3. The van der Waals surface area contributed by atoms with Crippen LogP contribution in [-0.4, -0.2) is 23.7 Å². The van der Waals surface area contributed by atoms with Crippen LogP contribution in [0, 0.1) is 5.41 Å². The number of carboxylic acids is 1. The molecular weight excluding hydrogens is 276 g/mol. The van der Waals surface area contributed by atoms with E-state index in [9.17, 15) is 9.90 Å². The van der Waals surface area contributed by atoms with E-state index in [4.69, 9.17) is 0 Å². The average Bonchev–Trinajstić information content (AvgIpc) is 2.45. The molecule has 122 valence electrons. The molecule has 1 heterocycles. The van der Waals surface area contributed by atoms with Crippen LogP contribution in [0.1, 0.15) is 51.2 Å². The summed E-state index contributed by atoms with van der Waals surface area (Å²) in [4.78, 5) is 11.4. The molecule has 1 aromatic carbocycles. The average molecular weight is 304 g/mol. The van der Waals surface area contributed by atoms with Gasteiger partial charge in [-0.05, 0) is 48.3 Å². The Kier molecular flexibility index (Phi) is 5.46. The van der Waals surface area contributed by atoms with Gasteiger partial charge in [-0.3, -0.25) is 4.79 Å². The van der Waals surface area contributed by atoms with Crippen molar-refractivity contribution >= 4 is 11.7 Å². The summed E-state index contributed by atoms with van der Waals surface area (Å²) in [6, 6.07) is 5.91. The number of carbonyl (C=O) groups is 1. The monoisotopic (exact) mass is 304 g/mol. The molecule has 3 N–H and O–H groups in total. The summed E-state index contributed by atoms with van der Waals surface area (Å²) in [5.74, 6) is -0.764. The van der Waals surface area contributed by atoms with Gasteiger partial charge in [-0.25, -0.2) is 0 Å². The Hall–Kier alpha value is -1.55. The molecule has 0 saturated heterocycles. The third-order valence-electron chi connectivity index (χ3n) is 4.15. The molecule has 1 atom stereocenters. The molecule has 0 spiro atoms. The molecule has 0 radical (unpaired) electrons. The predicted molar refractivity (Wildman–Crippen MR) is 90.2 cm³/mol. The molecule has 1 unspecified atom stereocenters. The Morgan fingerprint density at radius 2 is 2.18 bits per heavy atom. The Morgan fingerprint density at radius 3 is 2.86 bits per heavy atom. The Labute approximate surface area is 133 Å². The number of fused-ring (bicyclic) bond motifs is 1. The maximum atomic E-state index is 11.4. The molecule has 4 nitrogen and oxygen atoms in total. The molecule has 0 aliphatic carbocycles. The highest BCUT2D eigenvalue weighted by molar-refractivity contribution is 5.73. The van der Waals surface area contributed by atoms with Crippen LogP contribution in [0.3, 0.4) is 0 Å². The number of hydrogen-bond acceptors (Lipinski definition) is 3. The van der Waals surface area contributed by atoms with E-state index in [1.54, 1.807) is 0 Å². The van der Waals surface area contributed by atoms with Crippen LogP contribution in [-0.2, 0) is 17.8 Å². The van der Waals surface area contributed by atoms with Crippen molar-refractivity contribution in [2.24, 2.45) is 5.41 Å². The number of benzene rings is 1. The van der Waals surface area contributed by atoms with Crippen LogP contribution in [0.25, 0.3) is 0 Å². The van der Waals surface area contributed by atoms with E-state index in [1.165, 1.54) is 17.7 Å². The molecule has 1 aromatic rings. The van der Waals surface area contributed by atoms with E-state index in [2.05, 4.69) is 49.6 Å². The molecule has 1 aliphatic rings. The van der Waals surface area contributed by atoms with E-state index in [0.717, 1.165) is 24.9 Å². The first kappa shape index (κ1) is 16.8. The second-order valence-corrected chi connectivity index (χ2v) is 7.39. The van der Waals surface area contributed by atoms with E-state index < -0.39 is 12.0 Å². The molecule has 0 aromatic heterocycles. The summed E-state index contributed by atoms with van der Waals surface area (Å²) >= 11 is 0. The number of rotatable bonds is 6. The van der Waals surface area contributed by atoms with Crippen LogP contribution in [0.2, 0.25) is 0 Å². The summed E-state index contributed by atoms with van der Waals surface area (Å²) < 4.78 is 0. The van der Waals surface area contributed by atoms with E-state index in [1.807, 2.05) is 0 Å². The summed E-state index contributed by atoms with van der Waals surface area (Å²) in [5, 5.41) is 16.0. The van der Waals surface area contributed by atoms with Crippen molar-refractivity contribution in [3.8, 4) is 0 Å². The van der Waals surface area contributed by atoms with Crippen molar-refractivity contribution in [1.29, 1.82) is 0 Å². The van der Waals surface area contributed by atoms with Crippen molar-refractivity contribution in [1.82, 2.24) is 5.32 Å². The van der Waals surface area contributed by atoms with Crippen molar-refractivity contribution in [3.63, 3.8) is 0 Å². The molecule has 4 heteroatoms. The maximum absolute atomic E-state index is 11.4. The fourth-order valence-electron chi connectivity index (χ4n) is 2.75. The van der Waals surface area contributed by atoms with Gasteiger partial charge in [0.1, 0.15) is 6.04 Å². The summed E-state index contributed by atoms with van der Waals surface area (Å²) in [6.45, 7) is 8.03. The third-order valence-corrected chi connectivity index (χ3v) is 4.15. The normalized spacial score (nSPS) is 15.8. The molecule has 0 fully saturated rings. The first-order valence-electron chi connectivity index (χ1n) is 8.17. The lowest BCUT2D eigenvalue weighted by Crippen LogP contribution is -2.37. The number of aryl methyl sites for hydroxylation is 1. The Balaban J connectivity index is 1.93. The zero-order valence-corrected chi connectivity index (χ0v) is 13.9. The summed E-state index contributed by atoms with van der Waals surface area (Å²) in [5.41, 5.74) is 3.85. The Morgan fingerprint density at radius 1 is 1.41 bits per heavy atom. The van der Waals surface area contributed by atoms with Gasteiger partial charge in [0.05, 0.1) is 0 Å². The van der Waals surface area contributed by atoms with E-state index >= 15 is 0 Å².